The lowest BCUT2D eigenvalue weighted by atomic mass is 9.89. The van der Waals surface area contributed by atoms with E-state index in [9.17, 15) is 9.59 Å². The van der Waals surface area contributed by atoms with Crippen molar-refractivity contribution in [1.29, 1.82) is 0 Å². The summed E-state index contributed by atoms with van der Waals surface area (Å²) in [7, 11) is 0. The average Bonchev–Trinajstić information content (AvgIpc) is 2.44. The van der Waals surface area contributed by atoms with E-state index in [1.807, 2.05) is 0 Å². The van der Waals surface area contributed by atoms with E-state index in [1.54, 1.807) is 4.90 Å². The van der Waals surface area contributed by atoms with E-state index in [1.165, 1.54) is 6.42 Å². The van der Waals surface area contributed by atoms with Crippen molar-refractivity contribution in [1.82, 2.24) is 4.90 Å². The van der Waals surface area contributed by atoms with Gasteiger partial charge in [-0.3, -0.25) is 9.59 Å². The van der Waals surface area contributed by atoms with Crippen LogP contribution in [0.25, 0.3) is 0 Å². The number of nitrogens with zero attached hydrogens (tertiary/aromatic N) is 1. The van der Waals surface area contributed by atoms with Crippen LogP contribution in [0.5, 0.6) is 0 Å². The molecule has 120 valence electrons. The number of carbonyl (C=O) groups excluding carboxylic acids is 1. The van der Waals surface area contributed by atoms with Gasteiger partial charge < -0.3 is 19.5 Å². The van der Waals surface area contributed by atoms with Gasteiger partial charge in [0.25, 0.3) is 0 Å². The summed E-state index contributed by atoms with van der Waals surface area (Å²) in [5.41, 5.74) is 0. The summed E-state index contributed by atoms with van der Waals surface area (Å²) in [4.78, 5) is 24.5. The molecule has 2 rings (SSSR count). The largest absolute Gasteiger partial charge is 0.481 e. The van der Waals surface area contributed by atoms with Crippen molar-refractivity contribution in [2.75, 3.05) is 26.3 Å². The van der Waals surface area contributed by atoms with E-state index in [-0.39, 0.29) is 25.0 Å². The lowest BCUT2D eigenvalue weighted by Gasteiger charge is -2.33. The highest BCUT2D eigenvalue weighted by Gasteiger charge is 2.27. The Morgan fingerprint density at radius 3 is 2.90 bits per heavy atom. The third-order valence-electron chi connectivity index (χ3n) is 4.22. The number of morpholine rings is 1. The van der Waals surface area contributed by atoms with Crippen molar-refractivity contribution < 1.29 is 24.2 Å². The van der Waals surface area contributed by atoms with E-state index in [0.717, 1.165) is 19.3 Å². The third-order valence-corrected chi connectivity index (χ3v) is 4.22. The Morgan fingerprint density at radius 1 is 1.38 bits per heavy atom. The van der Waals surface area contributed by atoms with Crippen molar-refractivity contribution in [2.24, 2.45) is 5.92 Å². The molecule has 3 atom stereocenters. The first-order valence-electron chi connectivity index (χ1n) is 7.77. The van der Waals surface area contributed by atoms with Crippen LogP contribution in [0.1, 0.15) is 39.0 Å². The van der Waals surface area contributed by atoms with Gasteiger partial charge in [-0.15, -0.1) is 0 Å². The van der Waals surface area contributed by atoms with Crippen LogP contribution in [0.2, 0.25) is 0 Å². The Balaban J connectivity index is 1.73. The lowest BCUT2D eigenvalue weighted by molar-refractivity contribution is -0.151. The summed E-state index contributed by atoms with van der Waals surface area (Å²) in [6.45, 7) is 3.56. The first kappa shape index (κ1) is 16.2. The zero-order chi connectivity index (χ0) is 15.2. The van der Waals surface area contributed by atoms with Crippen LogP contribution in [0.4, 0.5) is 0 Å². The molecule has 1 amide bonds. The van der Waals surface area contributed by atoms with Crippen LogP contribution in [0, 0.1) is 5.92 Å². The predicted molar refractivity (Wildman–Crippen MR) is 75.9 cm³/mol. The summed E-state index contributed by atoms with van der Waals surface area (Å²) in [5.74, 6) is -0.296. The normalized spacial score (nSPS) is 30.1. The van der Waals surface area contributed by atoms with Gasteiger partial charge in [0.2, 0.25) is 5.91 Å². The minimum absolute atomic E-state index is 0.0630. The molecule has 0 aromatic carbocycles. The molecule has 1 saturated carbocycles. The molecule has 0 aromatic rings. The topological polar surface area (TPSA) is 76.1 Å². The predicted octanol–water partition coefficient (Wildman–Crippen LogP) is 1.28. The Kier molecular flexibility index (Phi) is 5.99. The van der Waals surface area contributed by atoms with Crippen LogP contribution in [0.15, 0.2) is 0 Å². The third kappa shape index (κ3) is 5.28. The van der Waals surface area contributed by atoms with E-state index in [4.69, 9.17) is 14.6 Å². The molecule has 2 fully saturated rings. The Morgan fingerprint density at radius 2 is 2.19 bits per heavy atom. The maximum absolute atomic E-state index is 12.2. The van der Waals surface area contributed by atoms with Crippen LogP contribution < -0.4 is 0 Å². The van der Waals surface area contributed by atoms with Crippen molar-refractivity contribution in [2.45, 2.75) is 51.2 Å². The number of carbonyl (C=O) groups is 2. The molecule has 2 aliphatic rings. The number of hydrogen-bond acceptors (Lipinski definition) is 4. The van der Waals surface area contributed by atoms with Crippen molar-refractivity contribution in [3.8, 4) is 0 Å². The molecular formula is C15H25NO5. The highest BCUT2D eigenvalue weighted by atomic mass is 16.5. The van der Waals surface area contributed by atoms with Crippen molar-refractivity contribution in [3.63, 3.8) is 0 Å². The molecule has 6 nitrogen and oxygen atoms in total. The maximum Gasteiger partial charge on any atom is 0.306 e. The van der Waals surface area contributed by atoms with E-state index in [0.29, 0.717) is 25.6 Å². The molecule has 1 N–H and O–H groups in total. The van der Waals surface area contributed by atoms with Gasteiger partial charge in [-0.25, -0.2) is 0 Å². The smallest absolute Gasteiger partial charge is 0.306 e. The van der Waals surface area contributed by atoms with Gasteiger partial charge in [0.05, 0.1) is 25.2 Å². The van der Waals surface area contributed by atoms with E-state index < -0.39 is 12.1 Å². The fourth-order valence-corrected chi connectivity index (χ4v) is 3.07. The molecule has 0 bridgehead atoms. The fourth-order valence-electron chi connectivity index (χ4n) is 3.07. The molecular weight excluding hydrogens is 274 g/mol. The summed E-state index contributed by atoms with van der Waals surface area (Å²) >= 11 is 0. The Bertz CT molecular complexity index is 373. The van der Waals surface area contributed by atoms with Gasteiger partial charge in [0.15, 0.2) is 0 Å². The quantitative estimate of drug-likeness (QED) is 0.827. The Hall–Kier alpha value is -1.14. The van der Waals surface area contributed by atoms with Crippen molar-refractivity contribution >= 4 is 11.9 Å². The number of amides is 1. The lowest BCUT2D eigenvalue weighted by Crippen LogP contribution is -2.47. The minimum Gasteiger partial charge on any atom is -0.481 e. The highest BCUT2D eigenvalue weighted by Crippen LogP contribution is 2.25. The highest BCUT2D eigenvalue weighted by molar-refractivity contribution is 5.77. The van der Waals surface area contributed by atoms with Crippen LogP contribution in [-0.4, -0.2) is 60.4 Å². The maximum atomic E-state index is 12.2. The first-order valence-corrected chi connectivity index (χ1v) is 7.77. The van der Waals surface area contributed by atoms with E-state index >= 15 is 0 Å². The molecule has 1 saturated heterocycles. The second-order valence-electron chi connectivity index (χ2n) is 6.14. The number of ether oxygens (including phenoxy) is 2. The summed E-state index contributed by atoms with van der Waals surface area (Å²) < 4.78 is 11.1. The second kappa shape index (κ2) is 7.75. The molecule has 3 unspecified atom stereocenters. The SMILES string of the molecule is CC1CCCC(OCC(=O)N2CCOC(CC(=O)O)C2)C1. The van der Waals surface area contributed by atoms with Gasteiger partial charge in [-0.1, -0.05) is 19.8 Å². The first-order chi connectivity index (χ1) is 10.0. The van der Waals surface area contributed by atoms with Crippen LogP contribution >= 0.6 is 0 Å². The summed E-state index contributed by atoms with van der Waals surface area (Å²) in [5, 5.41) is 8.78. The van der Waals surface area contributed by atoms with Crippen LogP contribution in [0.3, 0.4) is 0 Å². The zero-order valence-corrected chi connectivity index (χ0v) is 12.6. The number of hydrogen-bond donors (Lipinski definition) is 1. The van der Waals surface area contributed by atoms with Crippen LogP contribution in [-0.2, 0) is 19.1 Å². The minimum atomic E-state index is -0.901. The molecule has 0 aromatic heterocycles. The molecule has 1 heterocycles. The molecule has 1 aliphatic carbocycles. The number of rotatable bonds is 5. The molecule has 21 heavy (non-hydrogen) atoms. The van der Waals surface area contributed by atoms with E-state index in [2.05, 4.69) is 6.92 Å². The Labute approximate surface area is 125 Å². The summed E-state index contributed by atoms with van der Waals surface area (Å²) in [6, 6.07) is 0. The van der Waals surface area contributed by atoms with Gasteiger partial charge in [-0.2, -0.15) is 0 Å². The molecule has 0 radical (unpaired) electrons. The second-order valence-corrected chi connectivity index (χ2v) is 6.14. The van der Waals surface area contributed by atoms with Crippen molar-refractivity contribution in [3.05, 3.63) is 0 Å². The number of carboxylic acids is 1. The summed E-state index contributed by atoms with van der Waals surface area (Å²) in [6.07, 6.45) is 4.18. The van der Waals surface area contributed by atoms with Gasteiger partial charge in [-0.05, 0) is 18.8 Å². The number of aliphatic carboxylic acids is 1. The van der Waals surface area contributed by atoms with Gasteiger partial charge in [0, 0.05) is 13.1 Å². The fraction of sp³-hybridized carbons (Fsp3) is 0.867. The van der Waals surface area contributed by atoms with Gasteiger partial charge in [0.1, 0.15) is 6.61 Å². The monoisotopic (exact) mass is 299 g/mol. The molecule has 0 spiro atoms. The molecule has 1 aliphatic heterocycles. The average molecular weight is 299 g/mol. The number of carboxylic acid groups (broad SMARTS) is 1. The molecule has 6 heteroatoms. The zero-order valence-electron chi connectivity index (χ0n) is 12.6. The van der Waals surface area contributed by atoms with Gasteiger partial charge >= 0.3 is 5.97 Å². The standard InChI is InChI=1S/C15H25NO5/c1-11-3-2-4-12(7-11)21-10-14(17)16-5-6-20-13(9-16)8-15(18)19/h11-13H,2-10H2,1H3,(H,18,19).